The molecule has 5 heteroatoms. The Morgan fingerprint density at radius 3 is 2.62 bits per heavy atom. The topological polar surface area (TPSA) is 29.5 Å². The van der Waals surface area contributed by atoms with Crippen molar-refractivity contribution in [2.24, 2.45) is 0 Å². The maximum Gasteiger partial charge on any atom is 0.389 e. The average molecular weight is 234 g/mol. The molecule has 1 aromatic rings. The van der Waals surface area contributed by atoms with Gasteiger partial charge in [-0.2, -0.15) is 13.2 Å². The molecule has 1 aromatic carbocycles. The minimum atomic E-state index is -4.14. The molecule has 0 atom stereocenters. The van der Waals surface area contributed by atoms with Crippen LogP contribution >= 0.6 is 0 Å². The van der Waals surface area contributed by atoms with Crippen molar-refractivity contribution < 1.29 is 23.0 Å². The molecule has 16 heavy (non-hydrogen) atoms. The van der Waals surface area contributed by atoms with Crippen molar-refractivity contribution in [3.05, 3.63) is 23.8 Å². The smallest absolute Gasteiger partial charge is 0.389 e. The molecule has 0 bridgehead atoms. The van der Waals surface area contributed by atoms with Gasteiger partial charge >= 0.3 is 6.18 Å². The summed E-state index contributed by atoms with van der Waals surface area (Å²) in [5.74, 6) is 0.496. The van der Waals surface area contributed by atoms with Gasteiger partial charge < -0.3 is 9.84 Å². The van der Waals surface area contributed by atoms with Gasteiger partial charge in [0.2, 0.25) is 0 Å². The summed E-state index contributed by atoms with van der Waals surface area (Å²) in [5.41, 5.74) is 0.537. The number of hydrogen-bond donors (Lipinski definition) is 1. The molecule has 0 fully saturated rings. The fraction of sp³-hybridized carbons (Fsp3) is 0.455. The lowest BCUT2D eigenvalue weighted by atomic mass is 10.2. The van der Waals surface area contributed by atoms with E-state index in [1.807, 2.05) is 0 Å². The Balaban J connectivity index is 2.41. The molecule has 0 spiro atoms. The third-order valence-corrected chi connectivity index (χ3v) is 2.12. The van der Waals surface area contributed by atoms with Crippen LogP contribution in [-0.2, 0) is 0 Å². The van der Waals surface area contributed by atoms with Crippen LogP contribution in [-0.4, -0.2) is 17.9 Å². The summed E-state index contributed by atoms with van der Waals surface area (Å²) in [6.07, 6.45) is -5.08. The van der Waals surface area contributed by atoms with Crippen molar-refractivity contribution in [3.63, 3.8) is 0 Å². The van der Waals surface area contributed by atoms with Gasteiger partial charge in [-0.25, -0.2) is 0 Å². The molecule has 0 aliphatic carbocycles. The van der Waals surface area contributed by atoms with Gasteiger partial charge in [-0.3, -0.25) is 0 Å². The lowest BCUT2D eigenvalue weighted by Gasteiger charge is -2.10. The quantitative estimate of drug-likeness (QED) is 0.809. The van der Waals surface area contributed by atoms with Gasteiger partial charge in [-0.1, -0.05) is 6.07 Å². The fourth-order valence-corrected chi connectivity index (χ4v) is 1.21. The van der Waals surface area contributed by atoms with Crippen LogP contribution in [0.5, 0.6) is 11.5 Å². The van der Waals surface area contributed by atoms with Crippen molar-refractivity contribution in [1.29, 1.82) is 0 Å². The van der Waals surface area contributed by atoms with Crippen LogP contribution < -0.4 is 4.74 Å². The van der Waals surface area contributed by atoms with Crippen molar-refractivity contribution in [1.82, 2.24) is 0 Å². The zero-order valence-corrected chi connectivity index (χ0v) is 8.84. The first kappa shape index (κ1) is 12.7. The molecule has 0 radical (unpaired) electrons. The first-order valence-corrected chi connectivity index (χ1v) is 4.88. The van der Waals surface area contributed by atoms with E-state index in [1.165, 1.54) is 6.07 Å². The van der Waals surface area contributed by atoms with Crippen molar-refractivity contribution in [2.75, 3.05) is 6.61 Å². The van der Waals surface area contributed by atoms with Crippen molar-refractivity contribution >= 4 is 0 Å². The molecule has 90 valence electrons. The zero-order valence-electron chi connectivity index (χ0n) is 8.84. The second kappa shape index (κ2) is 5.09. The van der Waals surface area contributed by atoms with Gasteiger partial charge in [0.1, 0.15) is 11.5 Å². The highest BCUT2D eigenvalue weighted by molar-refractivity contribution is 5.42. The van der Waals surface area contributed by atoms with E-state index in [1.54, 1.807) is 19.1 Å². The van der Waals surface area contributed by atoms with E-state index < -0.39 is 12.6 Å². The summed E-state index contributed by atoms with van der Waals surface area (Å²) >= 11 is 0. The largest absolute Gasteiger partial charge is 0.508 e. The Morgan fingerprint density at radius 1 is 1.31 bits per heavy atom. The minimum absolute atomic E-state index is 0.0101. The monoisotopic (exact) mass is 234 g/mol. The van der Waals surface area contributed by atoms with E-state index in [4.69, 9.17) is 4.74 Å². The van der Waals surface area contributed by atoms with Gasteiger partial charge in [0.05, 0.1) is 6.61 Å². The highest BCUT2D eigenvalue weighted by Gasteiger charge is 2.26. The number of aromatic hydroxyl groups is 1. The molecule has 1 rings (SSSR count). The molecule has 0 saturated heterocycles. The number of phenols is 1. The van der Waals surface area contributed by atoms with Gasteiger partial charge in [0.25, 0.3) is 0 Å². The Hall–Kier alpha value is -1.39. The number of ether oxygens (including phenoxy) is 1. The fourth-order valence-electron chi connectivity index (χ4n) is 1.21. The van der Waals surface area contributed by atoms with Crippen LogP contribution in [0.3, 0.4) is 0 Å². The standard InChI is InChI=1S/C11H13F3O2/c1-8-9(15)4-2-5-10(8)16-7-3-6-11(12,13)14/h2,4-5,15H,3,6-7H2,1H3. The average Bonchev–Trinajstić information content (AvgIpc) is 2.17. The Bertz CT molecular complexity index is 348. The summed E-state index contributed by atoms with van der Waals surface area (Å²) in [6.45, 7) is 1.64. The van der Waals surface area contributed by atoms with Crippen LogP contribution in [0.25, 0.3) is 0 Å². The van der Waals surface area contributed by atoms with Gasteiger partial charge in [0.15, 0.2) is 0 Å². The van der Waals surface area contributed by atoms with Crippen LogP contribution in [0.4, 0.5) is 13.2 Å². The summed E-state index contributed by atoms with van der Waals surface area (Å²) < 4.78 is 40.6. The molecule has 0 heterocycles. The van der Waals surface area contributed by atoms with Gasteiger partial charge in [0, 0.05) is 12.0 Å². The number of benzene rings is 1. The molecule has 0 saturated carbocycles. The predicted octanol–water partition coefficient (Wildman–Crippen LogP) is 3.42. The van der Waals surface area contributed by atoms with Crippen LogP contribution in [0.15, 0.2) is 18.2 Å². The van der Waals surface area contributed by atoms with Crippen molar-refractivity contribution in [3.8, 4) is 11.5 Å². The summed E-state index contributed by atoms with van der Waals surface area (Å²) in [4.78, 5) is 0. The van der Waals surface area contributed by atoms with E-state index in [-0.39, 0.29) is 18.8 Å². The maximum atomic E-state index is 11.8. The third kappa shape index (κ3) is 4.00. The zero-order chi connectivity index (χ0) is 12.2. The van der Waals surface area contributed by atoms with E-state index in [0.29, 0.717) is 11.3 Å². The van der Waals surface area contributed by atoms with E-state index in [0.717, 1.165) is 0 Å². The molecule has 1 N–H and O–H groups in total. The third-order valence-electron chi connectivity index (χ3n) is 2.12. The Labute approximate surface area is 91.7 Å². The van der Waals surface area contributed by atoms with E-state index in [2.05, 4.69) is 0 Å². The van der Waals surface area contributed by atoms with Crippen LogP contribution in [0.2, 0.25) is 0 Å². The molecule has 0 aromatic heterocycles. The molecule has 0 aliphatic heterocycles. The first-order chi connectivity index (χ1) is 7.40. The Kier molecular flexibility index (Phi) is 4.04. The van der Waals surface area contributed by atoms with Crippen molar-refractivity contribution in [2.45, 2.75) is 25.9 Å². The van der Waals surface area contributed by atoms with Gasteiger partial charge in [-0.15, -0.1) is 0 Å². The number of rotatable bonds is 4. The number of hydrogen-bond acceptors (Lipinski definition) is 2. The van der Waals surface area contributed by atoms with Gasteiger partial charge in [-0.05, 0) is 25.5 Å². The molecule has 2 nitrogen and oxygen atoms in total. The molecule has 0 aliphatic rings. The lowest BCUT2D eigenvalue weighted by Crippen LogP contribution is -2.09. The second-order valence-electron chi connectivity index (χ2n) is 3.47. The maximum absolute atomic E-state index is 11.8. The molecular formula is C11H13F3O2. The van der Waals surface area contributed by atoms with E-state index >= 15 is 0 Å². The number of halogens is 3. The van der Waals surface area contributed by atoms with E-state index in [9.17, 15) is 18.3 Å². The SMILES string of the molecule is Cc1c(O)cccc1OCCCC(F)(F)F. The number of phenolic OH excluding ortho intramolecular Hbond substituents is 1. The summed E-state index contributed by atoms with van der Waals surface area (Å²) in [5, 5.41) is 9.33. The molecule has 0 unspecified atom stereocenters. The normalized spacial score (nSPS) is 11.5. The summed E-state index contributed by atoms with van der Waals surface area (Å²) in [7, 11) is 0. The predicted molar refractivity (Wildman–Crippen MR) is 53.6 cm³/mol. The molecule has 0 amide bonds. The molecular weight excluding hydrogens is 221 g/mol. The first-order valence-electron chi connectivity index (χ1n) is 4.88. The highest BCUT2D eigenvalue weighted by atomic mass is 19.4. The minimum Gasteiger partial charge on any atom is -0.508 e. The van der Waals surface area contributed by atoms with Crippen LogP contribution in [0, 0.1) is 6.92 Å². The number of alkyl halides is 3. The summed E-state index contributed by atoms with van der Waals surface area (Å²) in [6, 6.07) is 4.70. The highest BCUT2D eigenvalue weighted by Crippen LogP contribution is 2.27. The van der Waals surface area contributed by atoms with Crippen LogP contribution in [0.1, 0.15) is 18.4 Å². The Morgan fingerprint density at radius 2 is 2.00 bits per heavy atom. The lowest BCUT2D eigenvalue weighted by molar-refractivity contribution is -0.136. The second-order valence-corrected chi connectivity index (χ2v) is 3.47.